The maximum Gasteiger partial charge on any atom is 1.00 e. The number of nitrogens with one attached hydrogen (secondary N) is 1. The summed E-state index contributed by atoms with van der Waals surface area (Å²) in [7, 11) is 3.18. The van der Waals surface area contributed by atoms with Crippen LogP contribution in [0.2, 0.25) is 10.0 Å². The van der Waals surface area contributed by atoms with Gasteiger partial charge in [0.25, 0.3) is 6.47 Å². The van der Waals surface area contributed by atoms with E-state index in [9.17, 15) is 18.4 Å². The molecule has 0 bridgehead atoms. The second-order valence-corrected chi connectivity index (χ2v) is 14.0. The van der Waals surface area contributed by atoms with Gasteiger partial charge in [-0.3, -0.25) is 19.5 Å². The molecule has 2 aromatic carbocycles. The number of benzene rings is 2. The molecule has 326 valence electrons. The molecule has 0 radical (unpaired) electrons. The van der Waals surface area contributed by atoms with E-state index >= 15 is 0 Å². The third-order valence-electron chi connectivity index (χ3n) is 9.45. The van der Waals surface area contributed by atoms with Gasteiger partial charge < -0.3 is 40.6 Å². The Balaban J connectivity index is 0.000000338. The monoisotopic (exact) mass is 982 g/mol. The fourth-order valence-corrected chi connectivity index (χ4v) is 6.89. The number of ether oxygens (including phenoxy) is 2. The minimum Gasteiger partial charge on any atom is -1.00 e. The van der Waals surface area contributed by atoms with Crippen molar-refractivity contribution in [2.45, 2.75) is 6.54 Å². The minimum atomic E-state index is -0.614. The van der Waals surface area contributed by atoms with Gasteiger partial charge in [0.2, 0.25) is 23.7 Å². The number of halogens is 5. The first kappa shape index (κ1) is 54.6. The molecule has 63 heavy (non-hydrogen) atoms. The van der Waals surface area contributed by atoms with Crippen molar-refractivity contribution < 1.29 is 147 Å². The molecule has 0 saturated carbocycles. The molecule has 2 aliphatic heterocycles. The number of methoxy groups -OCH3 is 2. The standard InChI is InChI=1S/C19H19ClFN5O2.C13H16Cl2N2O2.C6H4FN3.CH2O3.2K.H/c1-28-16-11-13(4-5-15(16)20)24-7-9-25(10-8-24)17(27)12-26-19-14(18(21)23-26)3-2-6-22-19;1-19-12-8-10(2-3-11(12)15)16-4-6-17(7-5-16)13(18)9-14;7-5-4-2-1-3-8-6(4)10-9-5;2-1-4-3;;;/h2-6,11H,7-10,12H2,1H3;2-3,8H,4-7,9H2,1H3;1-3H,(H,8,9,10);1,3H;;;/q;;;;2*+1;-1/p-1. The van der Waals surface area contributed by atoms with Crippen molar-refractivity contribution in [2.24, 2.45) is 0 Å². The molecule has 17 nitrogen and oxygen atoms in total. The van der Waals surface area contributed by atoms with Crippen LogP contribution in [0.15, 0.2) is 73.1 Å². The van der Waals surface area contributed by atoms with Crippen LogP contribution >= 0.6 is 34.8 Å². The van der Waals surface area contributed by atoms with E-state index in [0.717, 1.165) is 24.5 Å². The zero-order chi connectivity index (χ0) is 43.9. The zero-order valence-electron chi connectivity index (χ0n) is 35.8. The van der Waals surface area contributed by atoms with Gasteiger partial charge in [0.05, 0.1) is 35.0 Å². The molecule has 4 aromatic heterocycles. The van der Waals surface area contributed by atoms with E-state index in [1.54, 1.807) is 66.7 Å². The van der Waals surface area contributed by atoms with Crippen molar-refractivity contribution in [2.75, 3.05) is 82.3 Å². The number of fused-ring (bicyclic) bond motifs is 2. The van der Waals surface area contributed by atoms with E-state index < -0.39 is 11.9 Å². The molecule has 2 saturated heterocycles. The zero-order valence-corrected chi connectivity index (χ0v) is 43.4. The van der Waals surface area contributed by atoms with Gasteiger partial charge in [0, 0.05) is 88.3 Å². The number of nitrogens with zero attached hydrogens (tertiary/aromatic N) is 9. The van der Waals surface area contributed by atoms with E-state index in [4.69, 9.17) is 54.3 Å². The number of piperazine rings is 2. The van der Waals surface area contributed by atoms with Gasteiger partial charge in [0.1, 0.15) is 23.9 Å². The molecule has 6 heterocycles. The molecule has 8 rings (SSSR count). The number of H-pyrrole nitrogens is 1. The van der Waals surface area contributed by atoms with E-state index in [2.05, 4.69) is 40.0 Å². The van der Waals surface area contributed by atoms with Gasteiger partial charge in [0.15, 0.2) is 11.3 Å². The number of alkyl halides is 1. The summed E-state index contributed by atoms with van der Waals surface area (Å²) >= 11 is 17.7. The maximum atomic E-state index is 13.9. The van der Waals surface area contributed by atoms with Gasteiger partial charge in [-0.1, -0.05) is 23.2 Å². The molecular weight excluding hydrogens is 943 g/mol. The van der Waals surface area contributed by atoms with Gasteiger partial charge in [-0.25, -0.2) is 14.6 Å². The number of carbonyl (C=O) groups excluding carboxylic acids is 3. The molecule has 6 aromatic rings. The summed E-state index contributed by atoms with van der Waals surface area (Å²) in [4.78, 5) is 51.3. The fourth-order valence-electron chi connectivity index (χ4n) is 6.33. The quantitative estimate of drug-likeness (QED) is 0.0610. The largest absolute Gasteiger partial charge is 1.00 e. The van der Waals surface area contributed by atoms with Gasteiger partial charge in [-0.15, -0.1) is 16.7 Å². The number of aromatic amines is 1. The Labute approximate surface area is 462 Å². The predicted molar refractivity (Wildman–Crippen MR) is 224 cm³/mol. The summed E-state index contributed by atoms with van der Waals surface area (Å²) in [6, 6.07) is 17.9. The van der Waals surface area contributed by atoms with Gasteiger partial charge >= 0.3 is 103 Å². The Morgan fingerprint density at radius 2 is 1.29 bits per heavy atom. The number of aromatic nitrogens is 6. The van der Waals surface area contributed by atoms with E-state index in [-0.39, 0.29) is 135 Å². The summed E-state index contributed by atoms with van der Waals surface area (Å²) in [6.45, 7) is 5.24. The second-order valence-electron chi connectivity index (χ2n) is 12.9. The Hall–Kier alpha value is -2.75. The number of amides is 2. The number of carbonyl (C=O) groups is 3. The summed E-state index contributed by atoms with van der Waals surface area (Å²) < 4.78 is 38.3. The van der Waals surface area contributed by atoms with Crippen molar-refractivity contribution in [3.8, 4) is 11.5 Å². The number of anilines is 2. The molecule has 2 aliphatic rings. The molecule has 0 aliphatic carbocycles. The Kier molecular flexibility index (Phi) is 24.0. The Morgan fingerprint density at radius 3 is 1.76 bits per heavy atom. The molecular formula is C39H41Cl3F2K2N10O7. The van der Waals surface area contributed by atoms with Gasteiger partial charge in [-0.2, -0.15) is 13.9 Å². The Bertz CT molecular complexity index is 2410. The molecule has 24 heteroatoms. The normalized spacial score (nSPS) is 13.1. The smallest absolute Gasteiger partial charge is 1.00 e. The Morgan fingerprint density at radius 1 is 0.794 bits per heavy atom. The van der Waals surface area contributed by atoms with Crippen molar-refractivity contribution >= 4 is 86.5 Å². The fraction of sp³-hybridized carbons (Fsp3) is 0.308. The first-order valence-electron chi connectivity index (χ1n) is 18.4. The SMILES string of the molecule is COc1cc(N2CCN(C(=O)CCl)CC2)ccc1Cl.COc1cc(N2CCN(C(=O)Cn3nc(F)c4cccnc43)CC2)ccc1Cl.Fc1[nH]nc2ncccc12.O=CO[O-].[H-].[K+].[K+]. The van der Waals surface area contributed by atoms with Crippen LogP contribution in [0.3, 0.4) is 0 Å². The van der Waals surface area contributed by atoms with Crippen LogP contribution < -0.4 is 127 Å². The first-order chi connectivity index (χ1) is 29.5. The third kappa shape index (κ3) is 15.1. The van der Waals surface area contributed by atoms with E-state index in [1.807, 2.05) is 30.3 Å². The van der Waals surface area contributed by atoms with Crippen LogP contribution in [0, 0.1) is 11.9 Å². The van der Waals surface area contributed by atoms with Crippen LogP contribution in [-0.2, 0) is 25.8 Å². The van der Waals surface area contributed by atoms with Crippen molar-refractivity contribution in [1.29, 1.82) is 0 Å². The van der Waals surface area contributed by atoms with Gasteiger partial charge in [-0.05, 0) is 48.5 Å². The maximum absolute atomic E-state index is 13.9. The van der Waals surface area contributed by atoms with E-state index in [1.165, 1.54) is 4.68 Å². The minimum absolute atomic E-state index is 0. The van der Waals surface area contributed by atoms with Crippen molar-refractivity contribution in [3.05, 3.63) is 95.0 Å². The predicted octanol–water partition coefficient (Wildman–Crippen LogP) is -1.53. The van der Waals surface area contributed by atoms with Crippen LogP contribution in [0.25, 0.3) is 22.1 Å². The summed E-state index contributed by atoms with van der Waals surface area (Å²) in [6.07, 6.45) is 3.13. The topological polar surface area (TPSA) is 187 Å². The molecule has 0 spiro atoms. The van der Waals surface area contributed by atoms with Crippen LogP contribution in [0.1, 0.15) is 1.43 Å². The number of rotatable bonds is 8. The van der Waals surface area contributed by atoms with E-state index in [0.29, 0.717) is 82.9 Å². The average molecular weight is 984 g/mol. The van der Waals surface area contributed by atoms with Crippen LogP contribution in [0.4, 0.5) is 20.2 Å². The molecule has 0 unspecified atom stereocenters. The number of pyridine rings is 2. The number of hydrogen-bond donors (Lipinski definition) is 1. The molecule has 2 amide bonds. The van der Waals surface area contributed by atoms with Crippen molar-refractivity contribution in [1.82, 2.24) is 39.7 Å². The molecule has 2 fully saturated rings. The van der Waals surface area contributed by atoms with Crippen molar-refractivity contribution in [3.63, 3.8) is 0 Å². The number of hydrogen-bond acceptors (Lipinski definition) is 13. The second kappa shape index (κ2) is 27.7. The average Bonchev–Trinajstić information content (AvgIpc) is 3.84. The summed E-state index contributed by atoms with van der Waals surface area (Å²) in [5, 5.41) is 20.0. The third-order valence-corrected chi connectivity index (χ3v) is 10.3. The van der Waals surface area contributed by atoms with Crippen LogP contribution in [0.5, 0.6) is 11.5 Å². The van der Waals surface area contributed by atoms with Crippen LogP contribution in [-0.4, -0.2) is 130 Å². The summed E-state index contributed by atoms with van der Waals surface area (Å²) in [5.74, 6) is 0.185. The first-order valence-corrected chi connectivity index (χ1v) is 19.7. The molecule has 0 atom stereocenters. The molecule has 1 N–H and O–H groups in total. The summed E-state index contributed by atoms with van der Waals surface area (Å²) in [5.41, 5.74) is 2.84.